The Morgan fingerprint density at radius 2 is 2.06 bits per heavy atom. The number of carbonyl (C=O) groups excluding carboxylic acids is 1. The summed E-state index contributed by atoms with van der Waals surface area (Å²) >= 11 is 0. The van der Waals surface area contributed by atoms with Gasteiger partial charge in [-0.05, 0) is 17.7 Å². The van der Waals surface area contributed by atoms with E-state index in [9.17, 15) is 13.2 Å². The first-order valence-electron chi connectivity index (χ1n) is 4.41. The molecule has 0 atom stereocenters. The molecule has 0 aliphatic rings. The molecule has 1 aromatic rings. The molecule has 0 saturated carbocycles. The molecule has 0 aliphatic heterocycles. The van der Waals surface area contributed by atoms with Crippen molar-refractivity contribution in [3.05, 3.63) is 42.5 Å². The van der Waals surface area contributed by atoms with Crippen LogP contribution in [0.1, 0.15) is 5.56 Å². The maximum atomic E-state index is 11.0. The van der Waals surface area contributed by atoms with Crippen molar-refractivity contribution in [2.45, 2.75) is 11.4 Å². The predicted molar refractivity (Wildman–Crippen MR) is 58.3 cm³/mol. The lowest BCUT2D eigenvalue weighted by Gasteiger charge is -2.06. The Morgan fingerprint density at radius 1 is 1.44 bits per heavy atom. The van der Waals surface area contributed by atoms with Gasteiger partial charge in [0.2, 0.25) is 5.91 Å². The summed E-state index contributed by atoms with van der Waals surface area (Å²) in [4.78, 5) is 10.7. The summed E-state index contributed by atoms with van der Waals surface area (Å²) in [6, 6.07) is 5.88. The van der Waals surface area contributed by atoms with Gasteiger partial charge in [0, 0.05) is 6.54 Å². The minimum absolute atomic E-state index is 0.0147. The third-order valence-electron chi connectivity index (χ3n) is 1.89. The van der Waals surface area contributed by atoms with Gasteiger partial charge in [-0.1, -0.05) is 24.8 Å². The number of carbonyl (C=O) groups is 1. The average molecular weight is 241 g/mol. The van der Waals surface area contributed by atoms with Crippen LogP contribution >= 0.6 is 0 Å². The molecule has 0 aromatic heterocycles. The first-order valence-corrected chi connectivity index (χ1v) is 5.85. The number of hydrogen-bond donors (Lipinski definition) is 2. The van der Waals surface area contributed by atoms with E-state index in [4.69, 9.17) is 4.55 Å². The zero-order valence-corrected chi connectivity index (χ0v) is 9.20. The largest absolute Gasteiger partial charge is 0.348 e. The van der Waals surface area contributed by atoms with Crippen molar-refractivity contribution < 1.29 is 17.8 Å². The van der Waals surface area contributed by atoms with Crippen molar-refractivity contribution in [1.82, 2.24) is 5.32 Å². The normalized spacial score (nSPS) is 10.8. The molecule has 0 heterocycles. The van der Waals surface area contributed by atoms with E-state index in [1.165, 1.54) is 18.2 Å². The zero-order chi connectivity index (χ0) is 12.2. The van der Waals surface area contributed by atoms with Crippen LogP contribution in [0.5, 0.6) is 0 Å². The van der Waals surface area contributed by atoms with Gasteiger partial charge >= 0.3 is 0 Å². The summed E-state index contributed by atoms with van der Waals surface area (Å²) in [6.07, 6.45) is 1.08. The molecule has 2 N–H and O–H groups in total. The topological polar surface area (TPSA) is 83.5 Å². The Bertz CT molecular complexity index is 507. The Morgan fingerprint density at radius 3 is 2.62 bits per heavy atom. The lowest BCUT2D eigenvalue weighted by atomic mass is 10.2. The van der Waals surface area contributed by atoms with E-state index in [-0.39, 0.29) is 11.4 Å². The van der Waals surface area contributed by atoms with Gasteiger partial charge in [-0.2, -0.15) is 8.42 Å². The number of hydrogen-bond acceptors (Lipinski definition) is 3. The molecule has 0 saturated heterocycles. The molecule has 0 unspecified atom stereocenters. The second-order valence-electron chi connectivity index (χ2n) is 3.00. The van der Waals surface area contributed by atoms with Crippen LogP contribution in [-0.4, -0.2) is 18.9 Å². The lowest BCUT2D eigenvalue weighted by Crippen LogP contribution is -2.21. The fourth-order valence-corrected chi connectivity index (χ4v) is 1.88. The quantitative estimate of drug-likeness (QED) is 0.601. The van der Waals surface area contributed by atoms with E-state index in [0.717, 1.165) is 6.08 Å². The summed E-state index contributed by atoms with van der Waals surface area (Å²) < 4.78 is 30.9. The van der Waals surface area contributed by atoms with Crippen molar-refractivity contribution in [3.63, 3.8) is 0 Å². The summed E-state index contributed by atoms with van der Waals surface area (Å²) in [7, 11) is -4.27. The minimum atomic E-state index is -4.27. The van der Waals surface area contributed by atoms with E-state index in [0.29, 0.717) is 5.56 Å². The fourth-order valence-electron chi connectivity index (χ4n) is 1.16. The van der Waals surface area contributed by atoms with Crippen molar-refractivity contribution in [2.75, 3.05) is 0 Å². The molecule has 1 aromatic carbocycles. The van der Waals surface area contributed by atoms with Crippen LogP contribution in [0.3, 0.4) is 0 Å². The van der Waals surface area contributed by atoms with Gasteiger partial charge in [-0.15, -0.1) is 0 Å². The Labute approximate surface area is 93.5 Å². The maximum Gasteiger partial charge on any atom is 0.294 e. The second-order valence-corrected chi connectivity index (χ2v) is 4.39. The fraction of sp³-hybridized carbons (Fsp3) is 0.100. The van der Waals surface area contributed by atoms with Crippen LogP contribution in [0, 0.1) is 0 Å². The molecule has 6 heteroatoms. The Hall–Kier alpha value is -1.66. The molecule has 1 rings (SSSR count). The first-order chi connectivity index (χ1) is 7.45. The smallest absolute Gasteiger partial charge is 0.294 e. The van der Waals surface area contributed by atoms with Gasteiger partial charge < -0.3 is 5.32 Å². The van der Waals surface area contributed by atoms with Gasteiger partial charge in [-0.3, -0.25) is 9.35 Å². The molecule has 0 bridgehead atoms. The minimum Gasteiger partial charge on any atom is -0.348 e. The molecular formula is C10H11NO4S. The Kier molecular flexibility index (Phi) is 3.81. The van der Waals surface area contributed by atoms with E-state index in [1.54, 1.807) is 6.07 Å². The van der Waals surface area contributed by atoms with Crippen LogP contribution in [0.15, 0.2) is 41.8 Å². The standard InChI is InChI=1S/C10H11NO4S/c1-2-10(12)11-7-8-5-3-4-6-9(8)16(13,14)15/h2-6H,1,7H2,(H,11,12)(H,13,14,15). The van der Waals surface area contributed by atoms with Gasteiger partial charge in [0.05, 0.1) is 4.90 Å². The highest BCUT2D eigenvalue weighted by molar-refractivity contribution is 7.85. The second kappa shape index (κ2) is 4.91. The first kappa shape index (κ1) is 12.4. The highest BCUT2D eigenvalue weighted by atomic mass is 32.2. The number of amides is 1. The van der Waals surface area contributed by atoms with Crippen molar-refractivity contribution in [1.29, 1.82) is 0 Å². The summed E-state index contributed by atoms with van der Waals surface area (Å²) in [6.45, 7) is 3.28. The molecule has 86 valence electrons. The summed E-state index contributed by atoms with van der Waals surface area (Å²) in [5.41, 5.74) is 0.320. The van der Waals surface area contributed by atoms with Crippen LogP contribution in [0.2, 0.25) is 0 Å². The molecule has 0 aliphatic carbocycles. The maximum absolute atomic E-state index is 11.0. The van der Waals surface area contributed by atoms with E-state index in [2.05, 4.69) is 11.9 Å². The van der Waals surface area contributed by atoms with Crippen LogP contribution < -0.4 is 5.32 Å². The van der Waals surface area contributed by atoms with Crippen LogP contribution in [-0.2, 0) is 21.5 Å². The highest BCUT2D eigenvalue weighted by Crippen LogP contribution is 2.14. The molecule has 0 fully saturated rings. The molecular weight excluding hydrogens is 230 g/mol. The molecule has 0 spiro atoms. The monoisotopic (exact) mass is 241 g/mol. The number of benzene rings is 1. The number of rotatable bonds is 4. The van der Waals surface area contributed by atoms with Crippen molar-refractivity contribution >= 4 is 16.0 Å². The zero-order valence-electron chi connectivity index (χ0n) is 8.38. The van der Waals surface area contributed by atoms with E-state index >= 15 is 0 Å². The third kappa shape index (κ3) is 3.18. The van der Waals surface area contributed by atoms with Gasteiger partial charge in [0.1, 0.15) is 0 Å². The van der Waals surface area contributed by atoms with Crippen LogP contribution in [0.25, 0.3) is 0 Å². The highest BCUT2D eigenvalue weighted by Gasteiger charge is 2.14. The summed E-state index contributed by atoms with van der Waals surface area (Å²) in [5.74, 6) is -0.412. The summed E-state index contributed by atoms with van der Waals surface area (Å²) in [5, 5.41) is 2.43. The molecule has 5 nitrogen and oxygen atoms in total. The predicted octanol–water partition coefficient (Wildman–Crippen LogP) is 0.736. The van der Waals surface area contributed by atoms with Gasteiger partial charge in [0.15, 0.2) is 0 Å². The van der Waals surface area contributed by atoms with Crippen molar-refractivity contribution in [2.24, 2.45) is 0 Å². The van der Waals surface area contributed by atoms with E-state index < -0.39 is 16.0 Å². The molecule has 1 amide bonds. The third-order valence-corrected chi connectivity index (χ3v) is 2.84. The van der Waals surface area contributed by atoms with Crippen LogP contribution in [0.4, 0.5) is 0 Å². The number of nitrogens with one attached hydrogen (secondary N) is 1. The van der Waals surface area contributed by atoms with Gasteiger partial charge in [-0.25, -0.2) is 0 Å². The van der Waals surface area contributed by atoms with E-state index in [1.807, 2.05) is 0 Å². The average Bonchev–Trinajstić information content (AvgIpc) is 2.25. The van der Waals surface area contributed by atoms with Crippen molar-refractivity contribution in [3.8, 4) is 0 Å². The lowest BCUT2D eigenvalue weighted by molar-refractivity contribution is -0.116. The van der Waals surface area contributed by atoms with Gasteiger partial charge in [0.25, 0.3) is 10.1 Å². The molecule has 0 radical (unpaired) electrons. The molecule has 16 heavy (non-hydrogen) atoms. The SMILES string of the molecule is C=CC(=O)NCc1ccccc1S(=O)(=O)O. The Balaban J connectivity index is 2.97.